The topological polar surface area (TPSA) is 198 Å². The van der Waals surface area contributed by atoms with Gasteiger partial charge in [0.25, 0.3) is 0 Å². The molecule has 12 heteroatoms. The van der Waals surface area contributed by atoms with Crippen LogP contribution in [0.25, 0.3) is 16.8 Å². The first kappa shape index (κ1) is 49.1. The second-order valence-corrected chi connectivity index (χ2v) is 18.4. The minimum atomic E-state index is -1.85. The summed E-state index contributed by atoms with van der Waals surface area (Å²) < 4.78 is 18.4. The van der Waals surface area contributed by atoms with Crippen molar-refractivity contribution in [1.82, 2.24) is 0 Å². The number of allylic oxidation sites excluding steroid dienone is 4. The number of phenols is 1. The monoisotopic (exact) mass is 915 g/mol. The van der Waals surface area contributed by atoms with Crippen molar-refractivity contribution in [3.8, 4) is 29.3 Å². The Morgan fingerprint density at radius 3 is 2.57 bits per heavy atom. The van der Waals surface area contributed by atoms with E-state index in [1.807, 2.05) is 49.4 Å². The zero-order valence-electron chi connectivity index (χ0n) is 38.7. The number of fused-ring (bicyclic) bond motifs is 9. The first-order valence-electron chi connectivity index (χ1n) is 23.5. The summed E-state index contributed by atoms with van der Waals surface area (Å²) in [7, 11) is 1.55. The van der Waals surface area contributed by atoms with Crippen LogP contribution in [-0.4, -0.2) is 80.6 Å². The maximum absolute atomic E-state index is 13.9. The molecule has 0 fully saturated rings. The Balaban J connectivity index is 1.20. The van der Waals surface area contributed by atoms with Crippen LogP contribution in [0.1, 0.15) is 110 Å². The van der Waals surface area contributed by atoms with Gasteiger partial charge in [-0.05, 0) is 151 Å². The van der Waals surface area contributed by atoms with E-state index in [9.17, 15) is 40.5 Å². The number of aliphatic hydroxyl groups excluding tert-OH is 5. The third-order valence-electron chi connectivity index (χ3n) is 13.4. The molecular formula is C55H65NO11. The summed E-state index contributed by atoms with van der Waals surface area (Å²) in [6.45, 7) is 4.12. The largest absolute Gasteiger partial charge is 0.508 e. The Bertz CT molecular complexity index is 2550. The number of benzene rings is 4. The van der Waals surface area contributed by atoms with Crippen molar-refractivity contribution < 1.29 is 54.8 Å². The summed E-state index contributed by atoms with van der Waals surface area (Å²) in [4.78, 5) is 13.9. The normalized spacial score (nSPS) is 20.4. The zero-order valence-corrected chi connectivity index (χ0v) is 38.7. The summed E-state index contributed by atoms with van der Waals surface area (Å²) in [6, 6.07) is 17.0. The molecule has 2 heterocycles. The van der Waals surface area contributed by atoms with Crippen molar-refractivity contribution in [1.29, 1.82) is 0 Å². The van der Waals surface area contributed by atoms with E-state index in [1.165, 1.54) is 0 Å². The molecule has 0 amide bonds. The fraction of sp³-hybridized carbons (Fsp3) is 0.436. The molecule has 6 bridgehead atoms. The Morgan fingerprint density at radius 1 is 0.970 bits per heavy atom. The van der Waals surface area contributed by atoms with Crippen LogP contribution in [-0.2, 0) is 35.4 Å². The zero-order chi connectivity index (χ0) is 47.6. The fourth-order valence-electron chi connectivity index (χ4n) is 9.74. The number of carbonyl (C=O) groups excluding carboxylic acids is 1. The number of rotatable bonds is 16. The van der Waals surface area contributed by atoms with E-state index >= 15 is 0 Å². The SMILES string of the molecule is COc1ccc2cc1OCc1c(C(O)O)cc3c(c(O)cc4c3c1C=CC4C)CC#COC(CC1C=C(O)C(CCCO)=CC1CC(CO)CCc1cccc(NCC(C)O)c1)CC(=O)CC2. The van der Waals surface area contributed by atoms with Gasteiger partial charge in [0.05, 0.1) is 13.2 Å². The highest BCUT2D eigenvalue weighted by molar-refractivity contribution is 6.01. The Labute approximate surface area is 393 Å². The average molecular weight is 916 g/mol. The maximum Gasteiger partial charge on any atom is 0.178 e. The summed E-state index contributed by atoms with van der Waals surface area (Å²) in [6.07, 6.45) is 11.8. The molecule has 12 nitrogen and oxygen atoms in total. The second kappa shape index (κ2) is 22.8. The summed E-state index contributed by atoms with van der Waals surface area (Å²) in [5.74, 6) is 3.57. The van der Waals surface area contributed by atoms with Crippen molar-refractivity contribution in [2.75, 3.05) is 32.2 Å². The molecule has 6 atom stereocenters. The van der Waals surface area contributed by atoms with Crippen molar-refractivity contribution in [3.05, 3.63) is 123 Å². The molecule has 6 unspecified atom stereocenters. The highest BCUT2D eigenvalue weighted by Gasteiger charge is 2.31. The number of hydrogen-bond donors (Lipinski definition) is 8. The number of nitrogens with one attached hydrogen (secondary N) is 1. The van der Waals surface area contributed by atoms with Crippen molar-refractivity contribution in [2.45, 2.75) is 109 Å². The minimum Gasteiger partial charge on any atom is -0.508 e. The number of methoxy groups -OCH3 is 1. The highest BCUT2D eigenvalue weighted by atomic mass is 16.5. The molecule has 2 aliphatic heterocycles. The van der Waals surface area contributed by atoms with Crippen molar-refractivity contribution >= 4 is 28.3 Å². The molecule has 0 aromatic heterocycles. The molecule has 0 spiro atoms. The van der Waals surface area contributed by atoms with Gasteiger partial charge in [0.1, 0.15) is 36.1 Å². The molecule has 0 radical (unpaired) electrons. The molecule has 4 aliphatic rings. The van der Waals surface area contributed by atoms with Gasteiger partial charge in [-0.3, -0.25) is 4.79 Å². The Hall–Kier alpha value is -5.81. The van der Waals surface area contributed by atoms with E-state index in [0.29, 0.717) is 73.1 Å². The predicted octanol–water partition coefficient (Wildman–Crippen LogP) is 8.24. The molecule has 67 heavy (non-hydrogen) atoms. The first-order valence-corrected chi connectivity index (χ1v) is 23.5. The molecular weight excluding hydrogens is 851 g/mol. The van der Waals surface area contributed by atoms with Gasteiger partial charge in [-0.25, -0.2) is 0 Å². The lowest BCUT2D eigenvalue weighted by Crippen LogP contribution is -2.27. The molecule has 8 rings (SSSR count). The average Bonchev–Trinajstić information content (AvgIpc) is 3.31. The molecule has 2 aliphatic carbocycles. The van der Waals surface area contributed by atoms with Gasteiger partial charge in [-0.2, -0.15) is 0 Å². The van der Waals surface area contributed by atoms with Crippen LogP contribution in [0.3, 0.4) is 0 Å². The minimum absolute atomic E-state index is 0.0128. The van der Waals surface area contributed by atoms with Crippen LogP contribution >= 0.6 is 0 Å². The number of Topliss-reactive ketones (excluding diaryl/α,β-unsaturated/α-hetero) is 1. The number of phenolic OH excluding ortho intramolecular Hbond substituents is 1. The standard InChI is InChI=1S/C55H65NO11/c1-33-11-17-45-49-32-67-53-23-36(15-18-52(53)65-3)14-16-42(60)27-43(66-20-6-10-44-47(28-48(49)55(63)64)54(45)46(33)29-51(44)62)25-40-26-50(61)38(8-5-19-57)24-39(40)21-37(31-58)13-12-35-7-4-9-41(22-35)56-30-34(2)59/h4,7,9,11,15,17-18,22-24,26,28-29,33-34,37,39-40,43,55-59,61-64H,5,8,10,12-14,16,19,21,25,27,30-32H2,1-3H3. The smallest absolute Gasteiger partial charge is 0.178 e. The van der Waals surface area contributed by atoms with Gasteiger partial charge in [0.2, 0.25) is 0 Å². The van der Waals surface area contributed by atoms with E-state index in [-0.39, 0.29) is 85.6 Å². The number of ether oxygens (including phenoxy) is 3. The quantitative estimate of drug-likeness (QED) is 0.0397. The van der Waals surface area contributed by atoms with Gasteiger partial charge in [0.15, 0.2) is 17.8 Å². The summed E-state index contributed by atoms with van der Waals surface area (Å²) >= 11 is 0. The molecule has 0 saturated carbocycles. The van der Waals surface area contributed by atoms with Crippen molar-refractivity contribution in [3.63, 3.8) is 0 Å². The van der Waals surface area contributed by atoms with Gasteiger partial charge in [-0.1, -0.05) is 49.3 Å². The van der Waals surface area contributed by atoms with Gasteiger partial charge < -0.3 is 55.3 Å². The van der Waals surface area contributed by atoms with Crippen LogP contribution in [0.2, 0.25) is 0 Å². The number of ketones is 1. The van der Waals surface area contributed by atoms with E-state index in [0.717, 1.165) is 45.3 Å². The second-order valence-electron chi connectivity index (χ2n) is 18.4. The Morgan fingerprint density at radius 2 is 1.81 bits per heavy atom. The summed E-state index contributed by atoms with van der Waals surface area (Å²) in [5.41, 5.74) is 6.53. The van der Waals surface area contributed by atoms with Crippen LogP contribution in [0.15, 0.2) is 84.2 Å². The molecule has 356 valence electrons. The van der Waals surface area contributed by atoms with Crippen LogP contribution in [0.4, 0.5) is 5.69 Å². The number of aromatic hydroxyl groups is 1. The lowest BCUT2D eigenvalue weighted by molar-refractivity contribution is -0.121. The lowest BCUT2D eigenvalue weighted by Gasteiger charge is -2.32. The number of hydrogen-bond acceptors (Lipinski definition) is 12. The third-order valence-corrected chi connectivity index (χ3v) is 13.4. The van der Waals surface area contributed by atoms with E-state index in [2.05, 4.69) is 35.6 Å². The lowest BCUT2D eigenvalue weighted by atomic mass is 9.75. The van der Waals surface area contributed by atoms with E-state index in [1.54, 1.807) is 32.2 Å². The van der Waals surface area contributed by atoms with Crippen LogP contribution in [0, 0.1) is 29.8 Å². The van der Waals surface area contributed by atoms with Gasteiger partial charge in [0, 0.05) is 67.3 Å². The highest BCUT2D eigenvalue weighted by Crippen LogP contribution is 2.44. The van der Waals surface area contributed by atoms with Gasteiger partial charge >= 0.3 is 0 Å². The van der Waals surface area contributed by atoms with Crippen molar-refractivity contribution in [2.24, 2.45) is 17.8 Å². The molecule has 0 saturated heterocycles. The predicted molar refractivity (Wildman–Crippen MR) is 259 cm³/mol. The fourth-order valence-corrected chi connectivity index (χ4v) is 9.74. The third kappa shape index (κ3) is 12.2. The molecule has 4 aromatic rings. The van der Waals surface area contributed by atoms with Crippen LogP contribution in [0.5, 0.6) is 17.2 Å². The van der Waals surface area contributed by atoms with Gasteiger partial charge in [-0.15, -0.1) is 0 Å². The van der Waals surface area contributed by atoms with E-state index in [4.69, 9.17) is 14.2 Å². The maximum atomic E-state index is 13.9. The number of aryl methyl sites for hydroxylation is 2. The molecule has 4 aromatic carbocycles. The molecule has 8 N–H and O–H groups in total. The number of carbonyl (C=O) groups is 1. The number of anilines is 1. The van der Waals surface area contributed by atoms with E-state index < -0.39 is 18.5 Å². The number of aliphatic hydroxyl groups is 6. The van der Waals surface area contributed by atoms with Crippen LogP contribution < -0.4 is 14.8 Å². The summed E-state index contributed by atoms with van der Waals surface area (Å²) in [5, 5.41) is 79.2. The first-order chi connectivity index (χ1) is 32.3. The Kier molecular flexibility index (Phi) is 16.7.